The summed E-state index contributed by atoms with van der Waals surface area (Å²) in [5.41, 5.74) is 5.63. The van der Waals surface area contributed by atoms with Crippen molar-refractivity contribution in [2.45, 2.75) is 30.7 Å². The highest BCUT2D eigenvalue weighted by Gasteiger charge is 2.52. The van der Waals surface area contributed by atoms with Gasteiger partial charge in [0.25, 0.3) is 5.91 Å². The molecule has 4 rings (SSSR count). The smallest absolute Gasteiger partial charge is 0.402 e. The Kier molecular flexibility index (Phi) is 9.23. The van der Waals surface area contributed by atoms with Gasteiger partial charge in [0.05, 0.1) is 6.61 Å². The molecule has 40 heavy (non-hydrogen) atoms. The molecule has 0 spiro atoms. The number of hydrazine groups is 1. The quantitative estimate of drug-likeness (QED) is 0.164. The van der Waals surface area contributed by atoms with Crippen LogP contribution in [0.3, 0.4) is 0 Å². The van der Waals surface area contributed by atoms with Crippen LogP contribution in [-0.2, 0) is 9.53 Å². The van der Waals surface area contributed by atoms with Gasteiger partial charge in [-0.1, -0.05) is 60.7 Å². The summed E-state index contributed by atoms with van der Waals surface area (Å²) >= 11 is 0. The standard InChI is InChI=1S/C30H30F3N3O4/c1-2-17-29(28(38)36-34-20-30(31,32)33)26(23-11-9-22(10-12-23)21-7-4-3-5-8-21)40-27(35-29)24-13-15-25(16-14-24)39-19-6-18-37/h2-5,7-16,26,34,37H,1,6,17-20H2,(H,36,38)/t26-,29-/m0/s1. The number of benzene rings is 3. The number of carbonyl (C=O) groups excluding carboxylic acids is 1. The zero-order valence-electron chi connectivity index (χ0n) is 21.7. The average Bonchev–Trinajstić information content (AvgIpc) is 3.34. The van der Waals surface area contributed by atoms with E-state index in [-0.39, 0.29) is 18.9 Å². The van der Waals surface area contributed by atoms with E-state index < -0.39 is 30.3 Å². The fourth-order valence-electron chi connectivity index (χ4n) is 4.35. The lowest BCUT2D eigenvalue weighted by molar-refractivity contribution is -0.136. The highest BCUT2D eigenvalue weighted by Crippen LogP contribution is 2.43. The van der Waals surface area contributed by atoms with Gasteiger partial charge in [0.2, 0.25) is 5.90 Å². The molecule has 3 aromatic rings. The Morgan fingerprint density at radius 3 is 2.30 bits per heavy atom. The lowest BCUT2D eigenvalue weighted by Crippen LogP contribution is -2.54. The minimum absolute atomic E-state index is 0.00346. The van der Waals surface area contributed by atoms with Crippen LogP contribution >= 0.6 is 0 Å². The van der Waals surface area contributed by atoms with E-state index in [4.69, 9.17) is 14.6 Å². The van der Waals surface area contributed by atoms with Crippen LogP contribution in [-0.4, -0.2) is 48.4 Å². The van der Waals surface area contributed by atoms with Crippen LogP contribution in [0.4, 0.5) is 13.2 Å². The lowest BCUT2D eigenvalue weighted by atomic mass is 9.84. The molecule has 0 saturated heterocycles. The van der Waals surface area contributed by atoms with E-state index in [1.807, 2.05) is 60.0 Å². The Bertz CT molecular complexity index is 1310. The van der Waals surface area contributed by atoms with Crippen molar-refractivity contribution in [1.82, 2.24) is 10.9 Å². The Morgan fingerprint density at radius 1 is 1.02 bits per heavy atom. The first-order valence-electron chi connectivity index (χ1n) is 12.7. The third-order valence-electron chi connectivity index (χ3n) is 6.30. The molecular weight excluding hydrogens is 523 g/mol. The summed E-state index contributed by atoms with van der Waals surface area (Å²) in [5.74, 6) is -0.0464. The van der Waals surface area contributed by atoms with Gasteiger partial charge < -0.3 is 14.6 Å². The van der Waals surface area contributed by atoms with Gasteiger partial charge in [-0.05, 0) is 41.0 Å². The van der Waals surface area contributed by atoms with Crippen molar-refractivity contribution in [3.63, 3.8) is 0 Å². The first-order chi connectivity index (χ1) is 19.3. The maximum atomic E-state index is 13.5. The summed E-state index contributed by atoms with van der Waals surface area (Å²) in [4.78, 5) is 18.1. The van der Waals surface area contributed by atoms with E-state index in [1.54, 1.807) is 24.3 Å². The first kappa shape index (κ1) is 28.8. The summed E-state index contributed by atoms with van der Waals surface area (Å²) in [7, 11) is 0. The zero-order chi connectivity index (χ0) is 28.6. The van der Waals surface area contributed by atoms with E-state index in [0.29, 0.717) is 29.9 Å². The molecule has 0 aromatic heterocycles. The fourth-order valence-corrected chi connectivity index (χ4v) is 4.35. The lowest BCUT2D eigenvalue weighted by Gasteiger charge is -2.30. The summed E-state index contributed by atoms with van der Waals surface area (Å²) in [6.07, 6.45) is -3.48. The van der Waals surface area contributed by atoms with E-state index >= 15 is 0 Å². The van der Waals surface area contributed by atoms with Crippen LogP contribution in [0.2, 0.25) is 0 Å². The third kappa shape index (κ3) is 6.88. The minimum Gasteiger partial charge on any atom is -0.494 e. The van der Waals surface area contributed by atoms with Crippen molar-refractivity contribution in [1.29, 1.82) is 0 Å². The van der Waals surface area contributed by atoms with Crippen molar-refractivity contribution in [3.8, 4) is 16.9 Å². The molecule has 10 heteroatoms. The van der Waals surface area contributed by atoms with Gasteiger partial charge in [0.1, 0.15) is 12.3 Å². The molecule has 0 bridgehead atoms. The summed E-state index contributed by atoms with van der Waals surface area (Å²) < 4.78 is 50.1. The van der Waals surface area contributed by atoms with Crippen molar-refractivity contribution in [2.24, 2.45) is 4.99 Å². The molecule has 0 radical (unpaired) electrons. The van der Waals surface area contributed by atoms with E-state index in [1.165, 1.54) is 6.08 Å². The van der Waals surface area contributed by atoms with Crippen LogP contribution in [0.25, 0.3) is 11.1 Å². The topological polar surface area (TPSA) is 92.2 Å². The number of aliphatic hydroxyl groups excluding tert-OH is 1. The molecular formula is C30H30F3N3O4. The van der Waals surface area contributed by atoms with Crippen molar-refractivity contribution < 1.29 is 32.5 Å². The van der Waals surface area contributed by atoms with Crippen molar-refractivity contribution >= 4 is 11.8 Å². The largest absolute Gasteiger partial charge is 0.494 e. The number of nitrogens with zero attached hydrogens (tertiary/aromatic N) is 1. The molecule has 0 saturated carbocycles. The molecule has 210 valence electrons. The van der Waals surface area contributed by atoms with Gasteiger partial charge in [-0.3, -0.25) is 10.2 Å². The van der Waals surface area contributed by atoms with Gasteiger partial charge in [-0.15, -0.1) is 6.58 Å². The van der Waals surface area contributed by atoms with Crippen LogP contribution in [0.15, 0.2) is 96.5 Å². The van der Waals surface area contributed by atoms with Gasteiger partial charge >= 0.3 is 6.18 Å². The van der Waals surface area contributed by atoms with Gasteiger partial charge in [-0.25, -0.2) is 10.4 Å². The molecule has 3 aromatic carbocycles. The van der Waals surface area contributed by atoms with Crippen LogP contribution < -0.4 is 15.6 Å². The molecule has 0 unspecified atom stereocenters. The minimum atomic E-state index is -4.52. The number of ether oxygens (including phenoxy) is 2. The normalized spacial score (nSPS) is 18.5. The number of amides is 1. The highest BCUT2D eigenvalue weighted by molar-refractivity contribution is 6.01. The van der Waals surface area contributed by atoms with Gasteiger partial charge in [-0.2, -0.15) is 13.2 Å². The molecule has 1 amide bonds. The number of aliphatic hydroxyl groups is 1. The maximum Gasteiger partial charge on any atom is 0.402 e. The number of alkyl halides is 3. The van der Waals surface area contributed by atoms with Crippen LogP contribution in [0.5, 0.6) is 5.75 Å². The summed E-state index contributed by atoms with van der Waals surface area (Å²) in [5, 5.41) is 8.94. The second-order valence-corrected chi connectivity index (χ2v) is 9.19. The monoisotopic (exact) mass is 553 g/mol. The molecule has 0 aliphatic carbocycles. The predicted octanol–water partition coefficient (Wildman–Crippen LogP) is 5.13. The number of carbonyl (C=O) groups is 1. The van der Waals surface area contributed by atoms with E-state index in [2.05, 4.69) is 17.0 Å². The molecule has 1 aliphatic rings. The Morgan fingerprint density at radius 2 is 1.68 bits per heavy atom. The van der Waals surface area contributed by atoms with Crippen LogP contribution in [0, 0.1) is 0 Å². The number of hydrogen-bond donors (Lipinski definition) is 3. The SMILES string of the molecule is C=CC[C@]1(C(=O)NNCC(F)(F)F)N=C(c2ccc(OCCCO)cc2)O[C@H]1c1ccc(-c2ccccc2)cc1. The zero-order valence-corrected chi connectivity index (χ0v) is 21.7. The van der Waals surface area contributed by atoms with E-state index in [9.17, 15) is 18.0 Å². The average molecular weight is 554 g/mol. The number of halogens is 3. The molecule has 2 atom stereocenters. The maximum absolute atomic E-state index is 13.5. The number of rotatable bonds is 12. The molecule has 7 nitrogen and oxygen atoms in total. The molecule has 1 heterocycles. The van der Waals surface area contributed by atoms with Gasteiger partial charge in [0.15, 0.2) is 11.6 Å². The summed E-state index contributed by atoms with van der Waals surface area (Å²) in [6.45, 7) is 2.71. The number of aliphatic imine (C=N–C) groups is 1. The Balaban J connectivity index is 1.66. The van der Waals surface area contributed by atoms with Gasteiger partial charge in [0, 0.05) is 25.0 Å². The predicted molar refractivity (Wildman–Crippen MR) is 146 cm³/mol. The fraction of sp³-hybridized carbons (Fsp3) is 0.267. The summed E-state index contributed by atoms with van der Waals surface area (Å²) in [6, 6.07) is 24.0. The van der Waals surface area contributed by atoms with E-state index in [0.717, 1.165) is 11.1 Å². The first-order valence-corrected chi connectivity index (χ1v) is 12.7. The second-order valence-electron chi connectivity index (χ2n) is 9.19. The molecule has 1 aliphatic heterocycles. The third-order valence-corrected chi connectivity index (χ3v) is 6.30. The Hall–Kier alpha value is -4.15. The number of nitrogens with one attached hydrogen (secondary N) is 2. The number of hydrogen-bond acceptors (Lipinski definition) is 6. The molecule has 0 fully saturated rings. The Labute approximate surface area is 230 Å². The van der Waals surface area contributed by atoms with Crippen molar-refractivity contribution in [2.75, 3.05) is 19.8 Å². The molecule has 3 N–H and O–H groups in total. The van der Waals surface area contributed by atoms with Crippen molar-refractivity contribution in [3.05, 3.63) is 103 Å². The second kappa shape index (κ2) is 12.8. The highest BCUT2D eigenvalue weighted by atomic mass is 19.4. The van der Waals surface area contributed by atoms with Crippen LogP contribution in [0.1, 0.15) is 30.1 Å².